The molecule has 3 aromatic rings. The normalized spacial score (nSPS) is 11.1. The molecule has 1 aromatic carbocycles. The number of aryl methyl sites for hydroxylation is 1. The summed E-state index contributed by atoms with van der Waals surface area (Å²) in [4.78, 5) is 8.72. The van der Waals surface area contributed by atoms with Crippen molar-refractivity contribution < 1.29 is 4.39 Å². The zero-order valence-corrected chi connectivity index (χ0v) is 11.9. The summed E-state index contributed by atoms with van der Waals surface area (Å²) in [6.07, 6.45) is 2.23. The minimum absolute atomic E-state index is 0.200. The van der Waals surface area contributed by atoms with Crippen LogP contribution in [0.4, 0.5) is 4.39 Å². The molecule has 0 radical (unpaired) electrons. The number of aromatic nitrogens is 3. The highest BCUT2D eigenvalue weighted by molar-refractivity contribution is 9.10. The van der Waals surface area contributed by atoms with Crippen LogP contribution in [0.1, 0.15) is 11.4 Å². The molecule has 2 aromatic heterocycles. The van der Waals surface area contributed by atoms with E-state index in [1.54, 1.807) is 18.3 Å². The molecule has 0 spiro atoms. The molecule has 0 amide bonds. The van der Waals surface area contributed by atoms with E-state index in [2.05, 4.69) is 25.9 Å². The fourth-order valence-corrected chi connectivity index (χ4v) is 2.40. The molecule has 0 N–H and O–H groups in total. The lowest BCUT2D eigenvalue weighted by atomic mass is 10.1. The molecule has 3 rings (SSSR count). The van der Waals surface area contributed by atoms with Crippen molar-refractivity contribution >= 4 is 27.0 Å². The molecule has 0 atom stereocenters. The van der Waals surface area contributed by atoms with E-state index in [-0.39, 0.29) is 5.82 Å². The summed E-state index contributed by atoms with van der Waals surface area (Å²) in [5.41, 5.74) is 2.44. The molecule has 0 bridgehead atoms. The SMILES string of the molecule is Cn1c(Cc2ccccc2F)nc2cc(Br)ncc21. The van der Waals surface area contributed by atoms with Gasteiger partial charge >= 0.3 is 0 Å². The second-order valence-corrected chi connectivity index (χ2v) is 5.16. The van der Waals surface area contributed by atoms with Crippen LogP contribution < -0.4 is 0 Å². The fraction of sp³-hybridized carbons (Fsp3) is 0.143. The molecule has 0 saturated carbocycles. The predicted octanol–water partition coefficient (Wildman–Crippen LogP) is 3.46. The molecule has 3 nitrogen and oxygen atoms in total. The van der Waals surface area contributed by atoms with Gasteiger partial charge in [0.15, 0.2) is 0 Å². The second kappa shape index (κ2) is 4.74. The molecular formula is C14H11BrFN3. The summed E-state index contributed by atoms with van der Waals surface area (Å²) in [7, 11) is 1.92. The molecule has 0 unspecified atom stereocenters. The highest BCUT2D eigenvalue weighted by Gasteiger charge is 2.11. The third-order valence-corrected chi connectivity index (χ3v) is 3.57. The summed E-state index contributed by atoms with van der Waals surface area (Å²) in [6, 6.07) is 8.63. The van der Waals surface area contributed by atoms with Gasteiger partial charge in [0.2, 0.25) is 0 Å². The standard InChI is InChI=1S/C14H11BrFN3/c1-19-12-8-17-13(15)7-11(12)18-14(19)6-9-4-2-3-5-10(9)16/h2-5,7-8H,6H2,1H3. The van der Waals surface area contributed by atoms with E-state index in [0.29, 0.717) is 12.0 Å². The van der Waals surface area contributed by atoms with Crippen LogP contribution in [0.15, 0.2) is 41.1 Å². The third-order valence-electron chi connectivity index (χ3n) is 3.13. The van der Waals surface area contributed by atoms with Gasteiger partial charge in [-0.3, -0.25) is 0 Å². The Kier molecular flexibility index (Phi) is 3.06. The van der Waals surface area contributed by atoms with E-state index in [9.17, 15) is 4.39 Å². The summed E-state index contributed by atoms with van der Waals surface area (Å²) >= 11 is 3.32. The Morgan fingerprint density at radius 3 is 2.89 bits per heavy atom. The molecular weight excluding hydrogens is 309 g/mol. The monoisotopic (exact) mass is 319 g/mol. The quantitative estimate of drug-likeness (QED) is 0.677. The van der Waals surface area contributed by atoms with Crippen molar-refractivity contribution in [3.05, 3.63) is 58.3 Å². The maximum absolute atomic E-state index is 13.7. The lowest BCUT2D eigenvalue weighted by molar-refractivity contribution is 0.611. The van der Waals surface area contributed by atoms with Gasteiger partial charge in [0.25, 0.3) is 0 Å². The lowest BCUT2D eigenvalue weighted by Crippen LogP contribution is -2.00. The number of fused-ring (bicyclic) bond motifs is 1. The predicted molar refractivity (Wildman–Crippen MR) is 75.4 cm³/mol. The minimum Gasteiger partial charge on any atom is -0.330 e. The minimum atomic E-state index is -0.200. The van der Waals surface area contributed by atoms with Crippen LogP contribution in [0.3, 0.4) is 0 Å². The number of pyridine rings is 1. The van der Waals surface area contributed by atoms with Crippen molar-refractivity contribution in [1.82, 2.24) is 14.5 Å². The molecule has 0 aliphatic rings. The maximum atomic E-state index is 13.7. The van der Waals surface area contributed by atoms with Gasteiger partial charge in [0.1, 0.15) is 16.2 Å². The van der Waals surface area contributed by atoms with Gasteiger partial charge in [-0.05, 0) is 33.6 Å². The van der Waals surface area contributed by atoms with E-state index in [4.69, 9.17) is 0 Å². The van der Waals surface area contributed by atoms with E-state index in [1.807, 2.05) is 23.7 Å². The maximum Gasteiger partial charge on any atom is 0.126 e. The highest BCUT2D eigenvalue weighted by atomic mass is 79.9. The van der Waals surface area contributed by atoms with Crippen LogP contribution in [-0.2, 0) is 13.5 Å². The molecule has 0 fully saturated rings. The first kappa shape index (κ1) is 12.3. The average Bonchev–Trinajstić information content (AvgIpc) is 2.68. The van der Waals surface area contributed by atoms with Gasteiger partial charge in [-0.1, -0.05) is 18.2 Å². The van der Waals surface area contributed by atoms with Gasteiger partial charge in [-0.25, -0.2) is 14.4 Å². The van der Waals surface area contributed by atoms with Gasteiger partial charge in [0, 0.05) is 13.5 Å². The Hall–Kier alpha value is -1.75. The van der Waals surface area contributed by atoms with Crippen LogP contribution in [-0.4, -0.2) is 14.5 Å². The van der Waals surface area contributed by atoms with E-state index in [1.165, 1.54) is 6.07 Å². The number of hydrogen-bond acceptors (Lipinski definition) is 2. The van der Waals surface area contributed by atoms with Crippen LogP contribution >= 0.6 is 15.9 Å². The molecule has 0 aliphatic carbocycles. The molecule has 0 saturated heterocycles. The summed E-state index contributed by atoms with van der Waals surface area (Å²) in [5.74, 6) is 0.619. The Balaban J connectivity index is 2.06. The van der Waals surface area contributed by atoms with Crippen molar-refractivity contribution in [1.29, 1.82) is 0 Å². The number of rotatable bonds is 2. The summed E-state index contributed by atoms with van der Waals surface area (Å²) in [6.45, 7) is 0. The molecule has 96 valence electrons. The fourth-order valence-electron chi connectivity index (χ4n) is 2.08. The van der Waals surface area contributed by atoms with Crippen molar-refractivity contribution in [2.75, 3.05) is 0 Å². The Morgan fingerprint density at radius 1 is 1.32 bits per heavy atom. The van der Waals surface area contributed by atoms with Crippen molar-refractivity contribution in [2.45, 2.75) is 6.42 Å². The highest BCUT2D eigenvalue weighted by Crippen LogP contribution is 2.20. The van der Waals surface area contributed by atoms with Crippen molar-refractivity contribution in [3.8, 4) is 0 Å². The molecule has 2 heterocycles. The summed E-state index contributed by atoms with van der Waals surface area (Å²) in [5, 5.41) is 0. The first-order valence-electron chi connectivity index (χ1n) is 5.85. The average molecular weight is 320 g/mol. The zero-order chi connectivity index (χ0) is 13.4. The lowest BCUT2D eigenvalue weighted by Gasteiger charge is -2.03. The van der Waals surface area contributed by atoms with Gasteiger partial charge < -0.3 is 4.57 Å². The molecule has 19 heavy (non-hydrogen) atoms. The first-order chi connectivity index (χ1) is 9.15. The van der Waals surface area contributed by atoms with Gasteiger partial charge in [-0.2, -0.15) is 0 Å². The van der Waals surface area contributed by atoms with Crippen LogP contribution in [0.25, 0.3) is 11.0 Å². The number of imidazole rings is 1. The van der Waals surface area contributed by atoms with E-state index in [0.717, 1.165) is 21.5 Å². The van der Waals surface area contributed by atoms with Crippen LogP contribution in [0.5, 0.6) is 0 Å². The topological polar surface area (TPSA) is 30.7 Å². The van der Waals surface area contributed by atoms with Crippen molar-refractivity contribution in [3.63, 3.8) is 0 Å². The third kappa shape index (κ3) is 2.26. The Morgan fingerprint density at radius 2 is 2.11 bits per heavy atom. The van der Waals surface area contributed by atoms with Crippen LogP contribution in [0.2, 0.25) is 0 Å². The van der Waals surface area contributed by atoms with Gasteiger partial charge in [-0.15, -0.1) is 0 Å². The first-order valence-corrected chi connectivity index (χ1v) is 6.64. The number of benzene rings is 1. The summed E-state index contributed by atoms with van der Waals surface area (Å²) < 4.78 is 16.4. The van der Waals surface area contributed by atoms with Crippen molar-refractivity contribution in [2.24, 2.45) is 7.05 Å². The Bertz CT molecular complexity index is 752. The van der Waals surface area contributed by atoms with Crippen LogP contribution in [0, 0.1) is 5.82 Å². The number of nitrogens with zero attached hydrogens (tertiary/aromatic N) is 3. The van der Waals surface area contributed by atoms with Gasteiger partial charge in [0.05, 0.1) is 17.2 Å². The zero-order valence-electron chi connectivity index (χ0n) is 10.3. The van der Waals surface area contributed by atoms with E-state index >= 15 is 0 Å². The Labute approximate surface area is 118 Å². The molecule has 0 aliphatic heterocycles. The van der Waals surface area contributed by atoms with E-state index < -0.39 is 0 Å². The largest absolute Gasteiger partial charge is 0.330 e. The molecule has 5 heteroatoms. The smallest absolute Gasteiger partial charge is 0.126 e. The second-order valence-electron chi connectivity index (χ2n) is 4.35. The number of halogens is 2. The number of hydrogen-bond donors (Lipinski definition) is 0.